The van der Waals surface area contributed by atoms with Gasteiger partial charge in [0.05, 0.1) is 23.6 Å². The van der Waals surface area contributed by atoms with Crippen LogP contribution in [0.1, 0.15) is 23.2 Å². The predicted molar refractivity (Wildman–Crippen MR) is 86.7 cm³/mol. The molecule has 0 spiro atoms. The summed E-state index contributed by atoms with van der Waals surface area (Å²) in [6.45, 7) is 3.44. The van der Waals surface area contributed by atoms with E-state index in [1.54, 1.807) is 17.7 Å². The van der Waals surface area contributed by atoms with E-state index in [0.717, 1.165) is 29.8 Å². The number of nitrogens with zero attached hydrogens (tertiary/aromatic N) is 3. The van der Waals surface area contributed by atoms with Gasteiger partial charge in [0.2, 0.25) is 0 Å². The number of aromatic nitrogens is 2. The van der Waals surface area contributed by atoms with Crippen molar-refractivity contribution >= 4 is 11.7 Å². The molecule has 1 aliphatic heterocycles. The average molecular weight is 330 g/mol. The van der Waals surface area contributed by atoms with Crippen LogP contribution in [-0.4, -0.2) is 32.3 Å². The highest BCUT2D eigenvalue weighted by atomic mass is 16.6. The first kappa shape index (κ1) is 16.1. The van der Waals surface area contributed by atoms with Crippen LogP contribution >= 0.6 is 0 Å². The molecule has 8 heteroatoms. The van der Waals surface area contributed by atoms with Gasteiger partial charge in [-0.05, 0) is 6.92 Å². The molecule has 0 amide bonds. The summed E-state index contributed by atoms with van der Waals surface area (Å²) in [5.41, 5.74) is 4.05. The van der Waals surface area contributed by atoms with E-state index in [4.69, 9.17) is 5.11 Å². The fraction of sp³-hybridized carbons (Fsp3) is 0.375. The number of benzene rings is 1. The van der Waals surface area contributed by atoms with E-state index in [1.807, 2.05) is 6.07 Å². The quantitative estimate of drug-likeness (QED) is 0.640. The third-order valence-corrected chi connectivity index (χ3v) is 4.30. The highest BCUT2D eigenvalue weighted by Gasteiger charge is 2.24. The molecule has 1 aromatic carbocycles. The maximum Gasteiger partial charge on any atom is 0.305 e. The Balaban J connectivity index is 2.10. The fourth-order valence-corrected chi connectivity index (χ4v) is 3.10. The molecule has 0 radical (unpaired) electrons. The SMILES string of the molecule is Cc1c(-c2nn(CCC(=O)O)c3c2CNCC3)cccc1[N+](=O)[O-]. The Morgan fingerprint density at radius 3 is 3.00 bits per heavy atom. The maximum absolute atomic E-state index is 11.2. The van der Waals surface area contributed by atoms with Crippen LogP contribution in [-0.2, 0) is 24.3 Å². The van der Waals surface area contributed by atoms with Crippen LogP contribution in [0.3, 0.4) is 0 Å². The van der Waals surface area contributed by atoms with Gasteiger partial charge in [0, 0.05) is 48.0 Å². The number of carbonyl (C=O) groups is 1. The van der Waals surface area contributed by atoms with E-state index in [0.29, 0.717) is 24.3 Å². The van der Waals surface area contributed by atoms with Gasteiger partial charge in [-0.25, -0.2) is 0 Å². The molecule has 1 aliphatic rings. The smallest absolute Gasteiger partial charge is 0.305 e. The van der Waals surface area contributed by atoms with Gasteiger partial charge in [0.25, 0.3) is 5.69 Å². The highest BCUT2D eigenvalue weighted by molar-refractivity contribution is 5.72. The van der Waals surface area contributed by atoms with E-state index >= 15 is 0 Å². The standard InChI is InChI=1S/C16H18N4O4/c1-10-11(3-2-4-13(10)20(23)24)16-12-9-17-7-5-14(12)19(18-16)8-6-15(21)22/h2-4,17H,5-9H2,1H3,(H,21,22). The fourth-order valence-electron chi connectivity index (χ4n) is 3.10. The zero-order valence-corrected chi connectivity index (χ0v) is 13.3. The second kappa shape index (κ2) is 6.40. The molecular weight excluding hydrogens is 312 g/mol. The number of aryl methyl sites for hydroxylation is 1. The largest absolute Gasteiger partial charge is 0.481 e. The molecule has 0 saturated carbocycles. The second-order valence-corrected chi connectivity index (χ2v) is 5.77. The van der Waals surface area contributed by atoms with Crippen LogP contribution in [0.15, 0.2) is 18.2 Å². The van der Waals surface area contributed by atoms with E-state index in [9.17, 15) is 14.9 Å². The van der Waals surface area contributed by atoms with E-state index in [2.05, 4.69) is 10.4 Å². The first-order valence-corrected chi connectivity index (χ1v) is 7.74. The van der Waals surface area contributed by atoms with Crippen molar-refractivity contribution in [2.24, 2.45) is 0 Å². The lowest BCUT2D eigenvalue weighted by molar-refractivity contribution is -0.385. The van der Waals surface area contributed by atoms with E-state index in [1.165, 1.54) is 6.07 Å². The van der Waals surface area contributed by atoms with E-state index < -0.39 is 10.9 Å². The van der Waals surface area contributed by atoms with Crippen LogP contribution in [0, 0.1) is 17.0 Å². The molecule has 8 nitrogen and oxygen atoms in total. The minimum Gasteiger partial charge on any atom is -0.481 e. The van der Waals surface area contributed by atoms with Crippen molar-refractivity contribution < 1.29 is 14.8 Å². The van der Waals surface area contributed by atoms with Gasteiger partial charge < -0.3 is 10.4 Å². The summed E-state index contributed by atoms with van der Waals surface area (Å²) < 4.78 is 1.73. The Hall–Kier alpha value is -2.74. The maximum atomic E-state index is 11.2. The molecule has 3 rings (SSSR count). The number of carboxylic acids is 1. The third kappa shape index (κ3) is 2.88. The molecule has 0 bridgehead atoms. The Kier molecular flexibility index (Phi) is 4.30. The molecule has 126 valence electrons. The molecule has 2 heterocycles. The van der Waals surface area contributed by atoms with Gasteiger partial charge in [-0.3, -0.25) is 19.6 Å². The Labute approximate surface area is 138 Å². The molecule has 0 fully saturated rings. The molecule has 2 N–H and O–H groups in total. The van der Waals surface area contributed by atoms with Crippen LogP contribution in [0.4, 0.5) is 5.69 Å². The van der Waals surface area contributed by atoms with Crippen molar-refractivity contribution in [2.75, 3.05) is 6.54 Å². The number of carboxylic acid groups (broad SMARTS) is 1. The molecular formula is C16H18N4O4. The van der Waals surface area contributed by atoms with Gasteiger partial charge in [0.15, 0.2) is 0 Å². The molecule has 0 atom stereocenters. The summed E-state index contributed by atoms with van der Waals surface area (Å²) in [7, 11) is 0. The third-order valence-electron chi connectivity index (χ3n) is 4.30. The summed E-state index contributed by atoms with van der Waals surface area (Å²) >= 11 is 0. The molecule has 1 aromatic heterocycles. The minimum atomic E-state index is -0.874. The number of nitro benzene ring substituents is 1. The van der Waals surface area contributed by atoms with Gasteiger partial charge in [-0.1, -0.05) is 12.1 Å². The number of aliphatic carboxylic acids is 1. The predicted octanol–water partition coefficient (Wildman–Crippen LogP) is 1.89. The van der Waals surface area contributed by atoms with Crippen molar-refractivity contribution in [3.63, 3.8) is 0 Å². The normalized spacial score (nSPS) is 13.5. The Morgan fingerprint density at radius 2 is 2.29 bits per heavy atom. The average Bonchev–Trinajstić information content (AvgIpc) is 2.91. The number of hydrogen-bond donors (Lipinski definition) is 2. The molecule has 2 aromatic rings. The summed E-state index contributed by atoms with van der Waals surface area (Å²) in [5, 5.41) is 28.0. The molecule has 0 unspecified atom stereocenters. The van der Waals surface area contributed by atoms with Crippen molar-refractivity contribution in [3.8, 4) is 11.3 Å². The zero-order chi connectivity index (χ0) is 17.3. The number of fused-ring (bicyclic) bond motifs is 1. The van der Waals surface area contributed by atoms with Crippen molar-refractivity contribution in [3.05, 3.63) is 45.1 Å². The topological polar surface area (TPSA) is 110 Å². The Bertz CT molecular complexity index is 813. The Morgan fingerprint density at radius 1 is 1.50 bits per heavy atom. The van der Waals surface area contributed by atoms with E-state index in [-0.39, 0.29) is 12.1 Å². The second-order valence-electron chi connectivity index (χ2n) is 5.77. The number of hydrogen-bond acceptors (Lipinski definition) is 5. The summed E-state index contributed by atoms with van der Waals surface area (Å²) in [6, 6.07) is 4.95. The lowest BCUT2D eigenvalue weighted by Gasteiger charge is -2.15. The van der Waals surface area contributed by atoms with Crippen LogP contribution in [0.2, 0.25) is 0 Å². The van der Waals surface area contributed by atoms with Crippen molar-refractivity contribution in [1.82, 2.24) is 15.1 Å². The molecule has 24 heavy (non-hydrogen) atoms. The van der Waals surface area contributed by atoms with Crippen LogP contribution < -0.4 is 5.32 Å². The van der Waals surface area contributed by atoms with Crippen LogP contribution in [0.25, 0.3) is 11.3 Å². The molecule has 0 aliphatic carbocycles. The van der Waals surface area contributed by atoms with Crippen LogP contribution in [0.5, 0.6) is 0 Å². The number of rotatable bonds is 5. The number of nitrogens with one attached hydrogen (secondary N) is 1. The van der Waals surface area contributed by atoms with Gasteiger partial charge in [0.1, 0.15) is 0 Å². The number of nitro groups is 1. The van der Waals surface area contributed by atoms with Gasteiger partial charge >= 0.3 is 5.97 Å². The summed E-state index contributed by atoms with van der Waals surface area (Å²) in [5.74, 6) is -0.874. The first-order valence-electron chi connectivity index (χ1n) is 7.74. The monoisotopic (exact) mass is 330 g/mol. The first-order chi connectivity index (χ1) is 11.5. The zero-order valence-electron chi connectivity index (χ0n) is 13.3. The van der Waals surface area contributed by atoms with Gasteiger partial charge in [-0.15, -0.1) is 0 Å². The molecule has 0 saturated heterocycles. The highest BCUT2D eigenvalue weighted by Crippen LogP contribution is 2.33. The van der Waals surface area contributed by atoms with Crippen molar-refractivity contribution in [2.45, 2.75) is 32.9 Å². The van der Waals surface area contributed by atoms with Gasteiger partial charge in [-0.2, -0.15) is 5.10 Å². The lowest BCUT2D eigenvalue weighted by atomic mass is 9.98. The summed E-state index contributed by atoms with van der Waals surface area (Å²) in [6.07, 6.45) is 0.755. The van der Waals surface area contributed by atoms with Crippen molar-refractivity contribution in [1.29, 1.82) is 0 Å². The minimum absolute atomic E-state index is 0.00505. The summed E-state index contributed by atoms with van der Waals surface area (Å²) in [4.78, 5) is 21.6. The lowest BCUT2D eigenvalue weighted by Crippen LogP contribution is -2.25.